The van der Waals surface area contributed by atoms with E-state index >= 15 is 0 Å². The van der Waals surface area contributed by atoms with Gasteiger partial charge in [-0.2, -0.15) is 0 Å². The highest BCUT2D eigenvalue weighted by molar-refractivity contribution is 5.85. The van der Waals surface area contributed by atoms with Crippen molar-refractivity contribution in [2.24, 2.45) is 5.92 Å². The van der Waals surface area contributed by atoms with Crippen molar-refractivity contribution >= 4 is 11.9 Å². The maximum absolute atomic E-state index is 12.9. The van der Waals surface area contributed by atoms with Crippen molar-refractivity contribution in [3.05, 3.63) is 29.8 Å². The van der Waals surface area contributed by atoms with Crippen LogP contribution in [0.4, 0.5) is 0 Å². The normalized spacial score (nSPS) is 24.9. The first kappa shape index (κ1) is 15.8. The van der Waals surface area contributed by atoms with E-state index in [-0.39, 0.29) is 36.2 Å². The van der Waals surface area contributed by atoms with Crippen molar-refractivity contribution in [2.45, 2.75) is 44.6 Å². The zero-order valence-corrected chi connectivity index (χ0v) is 13.6. The van der Waals surface area contributed by atoms with Crippen LogP contribution < -0.4 is 4.74 Å². The van der Waals surface area contributed by atoms with Crippen LogP contribution in [0.15, 0.2) is 24.3 Å². The number of hydrogen-bond acceptors (Lipinski definition) is 3. The number of carboxylic acid groups (broad SMARTS) is 1. The van der Waals surface area contributed by atoms with E-state index in [9.17, 15) is 9.59 Å². The van der Waals surface area contributed by atoms with Gasteiger partial charge in [0, 0.05) is 29.5 Å². The number of para-hydroxylation sites is 1. The van der Waals surface area contributed by atoms with Crippen molar-refractivity contribution in [1.82, 2.24) is 4.90 Å². The van der Waals surface area contributed by atoms with Crippen molar-refractivity contribution in [3.63, 3.8) is 0 Å². The molecule has 124 valence electrons. The van der Waals surface area contributed by atoms with Gasteiger partial charge in [-0.15, -0.1) is 0 Å². The van der Waals surface area contributed by atoms with Crippen LogP contribution in [-0.2, 0) is 15.0 Å². The van der Waals surface area contributed by atoms with Gasteiger partial charge in [0.25, 0.3) is 0 Å². The van der Waals surface area contributed by atoms with Gasteiger partial charge >= 0.3 is 5.97 Å². The van der Waals surface area contributed by atoms with Crippen molar-refractivity contribution in [3.8, 4) is 5.75 Å². The Labute approximate surface area is 136 Å². The smallest absolute Gasteiger partial charge is 0.305 e. The van der Waals surface area contributed by atoms with Crippen LogP contribution in [0, 0.1) is 5.92 Å². The van der Waals surface area contributed by atoms with Gasteiger partial charge in [0.05, 0.1) is 13.0 Å². The van der Waals surface area contributed by atoms with Gasteiger partial charge in [0.15, 0.2) is 0 Å². The van der Waals surface area contributed by atoms with Crippen LogP contribution in [0.25, 0.3) is 0 Å². The van der Waals surface area contributed by atoms with E-state index in [1.807, 2.05) is 32.0 Å². The zero-order chi connectivity index (χ0) is 16.6. The summed E-state index contributed by atoms with van der Waals surface area (Å²) < 4.78 is 5.71. The van der Waals surface area contributed by atoms with Gasteiger partial charge in [0.2, 0.25) is 5.91 Å². The highest BCUT2D eigenvalue weighted by Gasteiger charge is 2.61. The molecule has 0 aromatic heterocycles. The largest absolute Gasteiger partial charge is 0.493 e. The van der Waals surface area contributed by atoms with Crippen LogP contribution in [0.5, 0.6) is 5.75 Å². The molecule has 0 radical (unpaired) electrons. The summed E-state index contributed by atoms with van der Waals surface area (Å²) >= 11 is 0. The molecule has 1 saturated carbocycles. The molecule has 1 aliphatic heterocycles. The molecule has 1 heterocycles. The van der Waals surface area contributed by atoms with Crippen LogP contribution in [-0.4, -0.2) is 41.1 Å². The second-order valence-corrected chi connectivity index (χ2v) is 6.78. The molecule has 23 heavy (non-hydrogen) atoms. The maximum atomic E-state index is 12.9. The molecule has 1 amide bonds. The summed E-state index contributed by atoms with van der Waals surface area (Å²) in [5.41, 5.74) is 1.02. The Balaban J connectivity index is 1.79. The molecule has 3 rings (SSSR count). The molecule has 1 aliphatic carbocycles. The summed E-state index contributed by atoms with van der Waals surface area (Å²) in [6.07, 6.45) is 1.68. The number of fused-ring (bicyclic) bond motifs is 2. The lowest BCUT2D eigenvalue weighted by Crippen LogP contribution is -2.41. The summed E-state index contributed by atoms with van der Waals surface area (Å²) in [5, 5.41) is 8.90. The van der Waals surface area contributed by atoms with Crippen molar-refractivity contribution in [1.29, 1.82) is 0 Å². The van der Waals surface area contributed by atoms with E-state index in [4.69, 9.17) is 9.84 Å². The molecule has 1 fully saturated rings. The van der Waals surface area contributed by atoms with Crippen molar-refractivity contribution < 1.29 is 19.4 Å². The standard InChI is InChI=1S/C18H23NO4/c1-12(2)19(9-7-16(20)21)17(22)14-11-18(14)8-10-23-15-6-4-3-5-13(15)18/h3-6,12,14H,7-11H2,1-2H3,(H,20,21)/t14-,18-/m0/s1. The molecule has 1 aromatic rings. The first-order valence-corrected chi connectivity index (χ1v) is 8.20. The third kappa shape index (κ3) is 2.80. The molecule has 0 saturated heterocycles. The lowest BCUT2D eigenvalue weighted by atomic mass is 9.87. The summed E-state index contributed by atoms with van der Waals surface area (Å²) in [7, 11) is 0. The van der Waals surface area contributed by atoms with Gasteiger partial charge in [-0.05, 0) is 32.8 Å². The fourth-order valence-electron chi connectivity index (χ4n) is 3.72. The first-order valence-electron chi connectivity index (χ1n) is 8.20. The molecule has 1 spiro atoms. The molecule has 5 heteroatoms. The van der Waals surface area contributed by atoms with Crippen LogP contribution in [0.1, 0.15) is 38.7 Å². The molecule has 5 nitrogen and oxygen atoms in total. The number of hydrogen-bond donors (Lipinski definition) is 1. The van der Waals surface area contributed by atoms with Crippen LogP contribution in [0.3, 0.4) is 0 Å². The highest BCUT2D eigenvalue weighted by atomic mass is 16.5. The predicted octanol–water partition coefficient (Wildman–Crippen LogP) is 2.44. The Bertz CT molecular complexity index is 627. The van der Waals surface area contributed by atoms with E-state index in [2.05, 4.69) is 6.07 Å². The van der Waals surface area contributed by atoms with E-state index in [1.54, 1.807) is 4.90 Å². The summed E-state index contributed by atoms with van der Waals surface area (Å²) in [6.45, 7) is 4.79. The Morgan fingerprint density at radius 3 is 2.83 bits per heavy atom. The van der Waals surface area contributed by atoms with E-state index in [0.717, 1.165) is 24.2 Å². The Hall–Kier alpha value is -2.04. The monoisotopic (exact) mass is 317 g/mol. The lowest BCUT2D eigenvalue weighted by Gasteiger charge is -2.30. The number of rotatable bonds is 5. The van der Waals surface area contributed by atoms with E-state index in [0.29, 0.717) is 6.61 Å². The zero-order valence-electron chi connectivity index (χ0n) is 13.6. The summed E-state index contributed by atoms with van der Waals surface area (Å²) in [4.78, 5) is 25.5. The summed E-state index contributed by atoms with van der Waals surface area (Å²) in [5.74, 6) is 0.0442. The van der Waals surface area contributed by atoms with E-state index < -0.39 is 5.97 Å². The Morgan fingerprint density at radius 1 is 1.39 bits per heavy atom. The minimum absolute atomic E-state index is 0.00887. The molecule has 2 aliphatic rings. The Kier molecular flexibility index (Phi) is 4.04. The number of carboxylic acids is 1. The minimum atomic E-state index is -0.870. The number of ether oxygens (including phenoxy) is 1. The molecule has 2 atom stereocenters. The lowest BCUT2D eigenvalue weighted by molar-refractivity contribution is -0.139. The second kappa shape index (κ2) is 5.87. The average Bonchev–Trinajstić information content (AvgIpc) is 3.22. The molecule has 1 N–H and O–H groups in total. The van der Waals surface area contributed by atoms with Gasteiger partial charge in [0.1, 0.15) is 5.75 Å². The third-order valence-electron chi connectivity index (χ3n) is 5.08. The number of carbonyl (C=O) groups is 2. The van der Waals surface area contributed by atoms with Crippen LogP contribution >= 0.6 is 0 Å². The summed E-state index contributed by atoms with van der Waals surface area (Å²) in [6, 6.07) is 7.96. The molecular formula is C18H23NO4. The number of amides is 1. The van der Waals surface area contributed by atoms with Gasteiger partial charge in [-0.25, -0.2) is 0 Å². The second-order valence-electron chi connectivity index (χ2n) is 6.78. The number of benzene rings is 1. The minimum Gasteiger partial charge on any atom is -0.493 e. The van der Waals surface area contributed by atoms with Gasteiger partial charge < -0.3 is 14.7 Å². The third-order valence-corrected chi connectivity index (χ3v) is 5.08. The number of aliphatic carboxylic acids is 1. The van der Waals surface area contributed by atoms with E-state index in [1.165, 1.54) is 0 Å². The average molecular weight is 317 g/mol. The molecular weight excluding hydrogens is 294 g/mol. The molecule has 0 unspecified atom stereocenters. The highest BCUT2D eigenvalue weighted by Crippen LogP contribution is 2.61. The van der Waals surface area contributed by atoms with Gasteiger partial charge in [-0.3, -0.25) is 9.59 Å². The predicted molar refractivity (Wildman–Crippen MR) is 85.4 cm³/mol. The fraction of sp³-hybridized carbons (Fsp3) is 0.556. The molecule has 0 bridgehead atoms. The Morgan fingerprint density at radius 2 is 2.13 bits per heavy atom. The quantitative estimate of drug-likeness (QED) is 0.906. The fourth-order valence-corrected chi connectivity index (χ4v) is 3.72. The van der Waals surface area contributed by atoms with Crippen molar-refractivity contribution in [2.75, 3.05) is 13.2 Å². The maximum Gasteiger partial charge on any atom is 0.305 e. The topological polar surface area (TPSA) is 66.8 Å². The van der Waals surface area contributed by atoms with Crippen LogP contribution in [0.2, 0.25) is 0 Å². The SMILES string of the molecule is CC(C)N(CCC(=O)O)C(=O)[C@@H]1C[C@]12CCOc1ccccc12. The van der Waals surface area contributed by atoms with Gasteiger partial charge in [-0.1, -0.05) is 18.2 Å². The number of nitrogens with zero attached hydrogens (tertiary/aromatic N) is 1. The number of carbonyl (C=O) groups excluding carboxylic acids is 1. The first-order chi connectivity index (χ1) is 11.0. The molecule has 1 aromatic carbocycles.